The molecule has 1 aliphatic rings. The summed E-state index contributed by atoms with van der Waals surface area (Å²) in [7, 11) is 0. The lowest BCUT2D eigenvalue weighted by Gasteiger charge is -2.21. The predicted molar refractivity (Wildman–Crippen MR) is 75.8 cm³/mol. The fourth-order valence-electron chi connectivity index (χ4n) is 2.39. The van der Waals surface area contributed by atoms with Crippen molar-refractivity contribution in [1.82, 2.24) is 9.80 Å². The summed E-state index contributed by atoms with van der Waals surface area (Å²) in [6.07, 6.45) is 0.759. The van der Waals surface area contributed by atoms with E-state index in [0.717, 1.165) is 6.42 Å². The summed E-state index contributed by atoms with van der Waals surface area (Å²) in [6.45, 7) is 2.40. The van der Waals surface area contributed by atoms with E-state index in [1.165, 1.54) is 0 Å². The molecule has 21 heavy (non-hydrogen) atoms. The van der Waals surface area contributed by atoms with Crippen molar-refractivity contribution < 1.29 is 14.7 Å². The van der Waals surface area contributed by atoms with E-state index in [4.69, 9.17) is 10.4 Å². The first-order chi connectivity index (χ1) is 10.1. The molecule has 110 valence electrons. The zero-order valence-electron chi connectivity index (χ0n) is 11.7. The number of carbonyl (C=O) groups excluding carboxylic acids is 1. The highest BCUT2D eigenvalue weighted by Crippen LogP contribution is 2.10. The second-order valence-electron chi connectivity index (χ2n) is 5.00. The molecule has 0 radical (unpaired) electrons. The van der Waals surface area contributed by atoms with Crippen LogP contribution in [-0.2, 0) is 4.79 Å². The summed E-state index contributed by atoms with van der Waals surface area (Å²) in [5.74, 6) is -0.918. The molecule has 0 bridgehead atoms. The third kappa shape index (κ3) is 4.04. The Balaban J connectivity index is 1.99. The molecule has 6 heteroatoms. The molecule has 1 aromatic carbocycles. The molecular weight excluding hydrogens is 270 g/mol. The van der Waals surface area contributed by atoms with Crippen LogP contribution in [0.25, 0.3) is 0 Å². The number of carbonyl (C=O) groups is 2. The molecule has 0 atom stereocenters. The molecule has 1 amide bonds. The second-order valence-corrected chi connectivity index (χ2v) is 5.00. The monoisotopic (exact) mass is 287 g/mol. The minimum atomic E-state index is -0.845. The molecule has 0 saturated carbocycles. The van der Waals surface area contributed by atoms with Crippen molar-refractivity contribution in [2.75, 3.05) is 32.7 Å². The Morgan fingerprint density at radius 2 is 1.86 bits per heavy atom. The van der Waals surface area contributed by atoms with Gasteiger partial charge in [0.05, 0.1) is 18.2 Å². The van der Waals surface area contributed by atoms with E-state index in [0.29, 0.717) is 37.3 Å². The van der Waals surface area contributed by atoms with Crippen LogP contribution in [0.5, 0.6) is 0 Å². The van der Waals surface area contributed by atoms with Gasteiger partial charge in [-0.1, -0.05) is 0 Å². The van der Waals surface area contributed by atoms with Crippen LogP contribution in [-0.4, -0.2) is 59.5 Å². The quantitative estimate of drug-likeness (QED) is 0.888. The van der Waals surface area contributed by atoms with Gasteiger partial charge in [-0.15, -0.1) is 0 Å². The van der Waals surface area contributed by atoms with Gasteiger partial charge in [-0.25, -0.2) is 0 Å². The smallest absolute Gasteiger partial charge is 0.317 e. The van der Waals surface area contributed by atoms with E-state index >= 15 is 0 Å². The van der Waals surface area contributed by atoms with Gasteiger partial charge in [0.25, 0.3) is 5.91 Å². The molecule has 0 unspecified atom stereocenters. The minimum absolute atomic E-state index is 0.0128. The Kier molecular flexibility index (Phi) is 4.90. The Bertz CT molecular complexity index is 563. The molecule has 1 aromatic rings. The first kappa shape index (κ1) is 15.0. The van der Waals surface area contributed by atoms with Crippen molar-refractivity contribution in [1.29, 1.82) is 5.26 Å². The molecule has 1 N–H and O–H groups in total. The molecule has 1 fully saturated rings. The van der Waals surface area contributed by atoms with E-state index in [2.05, 4.69) is 0 Å². The van der Waals surface area contributed by atoms with E-state index < -0.39 is 5.97 Å². The van der Waals surface area contributed by atoms with Crippen molar-refractivity contribution in [2.24, 2.45) is 0 Å². The van der Waals surface area contributed by atoms with Crippen LogP contribution in [0.4, 0.5) is 0 Å². The van der Waals surface area contributed by atoms with E-state index in [9.17, 15) is 9.59 Å². The summed E-state index contributed by atoms with van der Waals surface area (Å²) in [5.41, 5.74) is 1.08. The minimum Gasteiger partial charge on any atom is -0.480 e. The fraction of sp³-hybridized carbons (Fsp3) is 0.400. The molecule has 1 saturated heterocycles. The Morgan fingerprint density at radius 1 is 1.14 bits per heavy atom. The van der Waals surface area contributed by atoms with Gasteiger partial charge >= 0.3 is 5.97 Å². The average Bonchev–Trinajstić information content (AvgIpc) is 2.71. The SMILES string of the molecule is N#Cc1ccc(C(=O)N2CCCN(CC(=O)O)CC2)cc1. The van der Waals surface area contributed by atoms with Gasteiger partial charge in [-0.3, -0.25) is 14.5 Å². The fourth-order valence-corrected chi connectivity index (χ4v) is 2.39. The molecule has 0 spiro atoms. The van der Waals surface area contributed by atoms with Crippen LogP contribution in [0.2, 0.25) is 0 Å². The lowest BCUT2D eigenvalue weighted by Crippen LogP contribution is -2.36. The lowest BCUT2D eigenvalue weighted by molar-refractivity contribution is -0.138. The molecule has 1 heterocycles. The van der Waals surface area contributed by atoms with Crippen LogP contribution in [0.1, 0.15) is 22.3 Å². The summed E-state index contributed by atoms with van der Waals surface area (Å²) >= 11 is 0. The second kappa shape index (κ2) is 6.86. The van der Waals surface area contributed by atoms with Gasteiger partial charge in [0, 0.05) is 31.7 Å². The number of hydrogen-bond acceptors (Lipinski definition) is 4. The Morgan fingerprint density at radius 3 is 2.48 bits per heavy atom. The maximum Gasteiger partial charge on any atom is 0.317 e. The van der Waals surface area contributed by atoms with Gasteiger partial charge in [-0.2, -0.15) is 5.26 Å². The topological polar surface area (TPSA) is 84.6 Å². The molecule has 0 aliphatic carbocycles. The number of carboxylic acids is 1. The van der Waals surface area contributed by atoms with Crippen molar-refractivity contribution in [3.8, 4) is 6.07 Å². The van der Waals surface area contributed by atoms with Crippen LogP contribution < -0.4 is 0 Å². The average molecular weight is 287 g/mol. The van der Waals surface area contributed by atoms with E-state index in [1.807, 2.05) is 11.0 Å². The van der Waals surface area contributed by atoms with Crippen LogP contribution in [0.15, 0.2) is 24.3 Å². The van der Waals surface area contributed by atoms with Crippen molar-refractivity contribution >= 4 is 11.9 Å². The molecule has 1 aliphatic heterocycles. The zero-order valence-corrected chi connectivity index (χ0v) is 11.7. The van der Waals surface area contributed by atoms with Crippen LogP contribution in [0.3, 0.4) is 0 Å². The zero-order chi connectivity index (χ0) is 15.2. The van der Waals surface area contributed by atoms with E-state index in [-0.39, 0.29) is 12.5 Å². The molecule has 2 rings (SSSR count). The van der Waals surface area contributed by atoms with Gasteiger partial charge in [0.15, 0.2) is 0 Å². The summed E-state index contributed by atoms with van der Waals surface area (Å²) in [6, 6.07) is 8.58. The summed E-state index contributed by atoms with van der Waals surface area (Å²) in [5, 5.41) is 17.6. The molecule has 6 nitrogen and oxygen atoms in total. The number of amides is 1. The van der Waals surface area contributed by atoms with Gasteiger partial charge in [0.1, 0.15) is 0 Å². The van der Waals surface area contributed by atoms with Gasteiger partial charge < -0.3 is 10.0 Å². The Labute approximate surface area is 123 Å². The van der Waals surface area contributed by atoms with Crippen LogP contribution in [0, 0.1) is 11.3 Å². The number of rotatable bonds is 3. The molecule has 0 aromatic heterocycles. The normalized spacial score (nSPS) is 16.0. The van der Waals surface area contributed by atoms with Crippen molar-refractivity contribution in [3.05, 3.63) is 35.4 Å². The number of nitriles is 1. The Hall–Kier alpha value is -2.39. The lowest BCUT2D eigenvalue weighted by atomic mass is 10.1. The summed E-state index contributed by atoms with van der Waals surface area (Å²) in [4.78, 5) is 26.7. The van der Waals surface area contributed by atoms with Crippen molar-refractivity contribution in [3.63, 3.8) is 0 Å². The van der Waals surface area contributed by atoms with Gasteiger partial charge in [-0.05, 0) is 30.7 Å². The maximum atomic E-state index is 12.4. The first-order valence-corrected chi connectivity index (χ1v) is 6.84. The maximum absolute atomic E-state index is 12.4. The number of nitrogens with zero attached hydrogens (tertiary/aromatic N) is 3. The van der Waals surface area contributed by atoms with Crippen LogP contribution >= 0.6 is 0 Å². The number of aliphatic carboxylic acids is 1. The number of carboxylic acid groups (broad SMARTS) is 1. The molecular formula is C15H17N3O3. The number of benzene rings is 1. The first-order valence-electron chi connectivity index (χ1n) is 6.84. The summed E-state index contributed by atoms with van der Waals surface area (Å²) < 4.78 is 0. The number of hydrogen-bond donors (Lipinski definition) is 1. The van der Waals surface area contributed by atoms with Gasteiger partial charge in [0.2, 0.25) is 0 Å². The van der Waals surface area contributed by atoms with E-state index in [1.54, 1.807) is 29.2 Å². The van der Waals surface area contributed by atoms with Crippen molar-refractivity contribution in [2.45, 2.75) is 6.42 Å². The third-order valence-corrected chi connectivity index (χ3v) is 3.50. The highest BCUT2D eigenvalue weighted by molar-refractivity contribution is 5.94. The standard InChI is InChI=1S/C15H17N3O3/c16-10-12-2-4-13(5-3-12)15(21)18-7-1-6-17(8-9-18)11-14(19)20/h2-5H,1,6-9,11H2,(H,19,20). The third-order valence-electron chi connectivity index (χ3n) is 3.50. The highest BCUT2D eigenvalue weighted by Gasteiger charge is 2.21. The largest absolute Gasteiger partial charge is 0.480 e. The highest BCUT2D eigenvalue weighted by atomic mass is 16.4. The predicted octanol–water partition coefficient (Wildman–Crippen LogP) is 0.791.